The third kappa shape index (κ3) is 4.12. The number of hydrogen-bond donors (Lipinski definition) is 1. The van der Waals surface area contributed by atoms with Gasteiger partial charge in [-0.05, 0) is 90.8 Å². The summed E-state index contributed by atoms with van der Waals surface area (Å²) in [6.45, 7) is 15.8. The van der Waals surface area contributed by atoms with Gasteiger partial charge in [0.05, 0.1) is 24.0 Å². The lowest BCUT2D eigenvalue weighted by molar-refractivity contribution is -0.137. The van der Waals surface area contributed by atoms with Crippen LogP contribution in [0.5, 0.6) is 5.75 Å². The fraction of sp³-hybridized carbons (Fsp3) is 0.290. The highest BCUT2D eigenvalue weighted by Crippen LogP contribution is 2.55. The number of nitrogens with one attached hydrogen (secondary N) is 1. The lowest BCUT2D eigenvalue weighted by atomic mass is 9.76. The maximum absolute atomic E-state index is 12.1. The lowest BCUT2D eigenvalue weighted by Crippen LogP contribution is -2.56. The van der Waals surface area contributed by atoms with Crippen molar-refractivity contribution in [1.82, 2.24) is 20.1 Å². The Bertz CT molecular complexity index is 1580. The number of likely N-dealkylation sites (tertiary alicyclic amines) is 1. The Morgan fingerprint density at radius 3 is 2.95 bits per heavy atom. The van der Waals surface area contributed by atoms with Gasteiger partial charge in [-0.1, -0.05) is 18.7 Å². The Labute approximate surface area is 222 Å². The van der Waals surface area contributed by atoms with Gasteiger partial charge in [0.2, 0.25) is 5.91 Å². The number of carbonyl (C=O) groups is 1. The van der Waals surface area contributed by atoms with Crippen LogP contribution in [0.25, 0.3) is 26.9 Å². The molecule has 1 N–H and O–H groups in total. The Morgan fingerprint density at radius 2 is 2.18 bits per heavy atom. The average Bonchev–Trinajstić information content (AvgIpc) is 3.58. The SMILES string of the molecule is [C-]#[N+]c1c(-c2c(C)ccc3[nH]ncc23)cc(OCc2ccccn2)cc1C1CCC2(C1)CN(C(=O)C=C)C2. The van der Waals surface area contributed by atoms with E-state index in [1.54, 1.807) is 6.20 Å². The molecule has 2 aromatic carbocycles. The molecule has 0 radical (unpaired) electrons. The number of ether oxygens (including phenoxy) is 1. The van der Waals surface area contributed by atoms with Gasteiger partial charge in [0.25, 0.3) is 0 Å². The Balaban J connectivity index is 1.41. The minimum atomic E-state index is -0.00295. The second-order valence-electron chi connectivity index (χ2n) is 10.6. The van der Waals surface area contributed by atoms with Crippen LogP contribution in [0.1, 0.15) is 42.0 Å². The zero-order valence-corrected chi connectivity index (χ0v) is 21.4. The molecule has 7 nitrogen and oxygen atoms in total. The van der Waals surface area contributed by atoms with Gasteiger partial charge in [0.1, 0.15) is 12.4 Å². The molecule has 38 heavy (non-hydrogen) atoms. The fourth-order valence-electron chi connectivity index (χ4n) is 6.27. The Morgan fingerprint density at radius 1 is 1.32 bits per heavy atom. The van der Waals surface area contributed by atoms with E-state index in [-0.39, 0.29) is 17.2 Å². The van der Waals surface area contributed by atoms with Crippen molar-refractivity contribution >= 4 is 22.5 Å². The summed E-state index contributed by atoms with van der Waals surface area (Å²) in [6.07, 6.45) is 7.96. The number of aromatic amines is 1. The van der Waals surface area contributed by atoms with Gasteiger partial charge in [0, 0.05) is 30.1 Å². The van der Waals surface area contributed by atoms with Gasteiger partial charge in [-0.2, -0.15) is 5.10 Å². The quantitative estimate of drug-likeness (QED) is 0.246. The van der Waals surface area contributed by atoms with Crippen LogP contribution in [0.15, 0.2) is 67.5 Å². The molecular weight excluding hydrogens is 474 g/mol. The first-order valence-corrected chi connectivity index (χ1v) is 12.9. The molecule has 1 spiro atoms. The van der Waals surface area contributed by atoms with E-state index in [4.69, 9.17) is 11.3 Å². The van der Waals surface area contributed by atoms with E-state index in [0.29, 0.717) is 12.3 Å². The summed E-state index contributed by atoms with van der Waals surface area (Å²) in [5.74, 6) is 0.948. The van der Waals surface area contributed by atoms with Crippen LogP contribution in [0.4, 0.5) is 5.69 Å². The van der Waals surface area contributed by atoms with Crippen molar-refractivity contribution in [1.29, 1.82) is 0 Å². The molecule has 1 aliphatic heterocycles. The lowest BCUT2D eigenvalue weighted by Gasteiger charge is -2.48. The van der Waals surface area contributed by atoms with Gasteiger partial charge in [0.15, 0.2) is 5.69 Å². The zero-order chi connectivity index (χ0) is 26.3. The first kappa shape index (κ1) is 23.9. The number of amides is 1. The molecule has 1 aliphatic carbocycles. The molecule has 4 aromatic rings. The largest absolute Gasteiger partial charge is 0.487 e. The Kier molecular flexibility index (Phi) is 5.96. The summed E-state index contributed by atoms with van der Waals surface area (Å²) in [5, 5.41) is 8.32. The number of nitrogens with zero attached hydrogens (tertiary/aromatic N) is 4. The van der Waals surface area contributed by atoms with Crippen molar-refractivity contribution in [3.63, 3.8) is 0 Å². The normalized spacial score (nSPS) is 17.8. The van der Waals surface area contributed by atoms with E-state index >= 15 is 0 Å². The molecule has 190 valence electrons. The van der Waals surface area contributed by atoms with Gasteiger partial charge < -0.3 is 9.64 Å². The molecule has 3 heterocycles. The molecule has 7 heteroatoms. The van der Waals surface area contributed by atoms with Crippen LogP contribution < -0.4 is 4.74 Å². The first-order valence-electron chi connectivity index (χ1n) is 12.9. The number of aromatic nitrogens is 3. The summed E-state index contributed by atoms with van der Waals surface area (Å²) in [7, 11) is 0. The monoisotopic (exact) mass is 503 g/mol. The summed E-state index contributed by atoms with van der Waals surface area (Å²) in [5.41, 5.74) is 6.56. The predicted octanol–water partition coefficient (Wildman–Crippen LogP) is 6.35. The van der Waals surface area contributed by atoms with Crippen molar-refractivity contribution in [3.05, 3.63) is 95.8 Å². The molecule has 2 aromatic heterocycles. The van der Waals surface area contributed by atoms with Crippen LogP contribution in [0.3, 0.4) is 0 Å². The molecule has 1 amide bonds. The number of rotatable bonds is 6. The van der Waals surface area contributed by atoms with Gasteiger partial charge in [-0.15, -0.1) is 0 Å². The third-order valence-electron chi connectivity index (χ3n) is 8.12. The van der Waals surface area contributed by atoms with Crippen molar-refractivity contribution in [3.8, 4) is 16.9 Å². The minimum Gasteiger partial charge on any atom is -0.487 e. The predicted molar refractivity (Wildman–Crippen MR) is 147 cm³/mol. The number of aryl methyl sites for hydroxylation is 1. The van der Waals surface area contributed by atoms with Crippen LogP contribution in [0, 0.1) is 18.9 Å². The van der Waals surface area contributed by atoms with Gasteiger partial charge in [-0.25, -0.2) is 4.85 Å². The average molecular weight is 504 g/mol. The highest BCUT2D eigenvalue weighted by molar-refractivity contribution is 6.00. The molecule has 0 bridgehead atoms. The maximum Gasteiger partial charge on any atom is 0.245 e. The zero-order valence-electron chi connectivity index (χ0n) is 21.4. The molecule has 1 saturated carbocycles. The summed E-state index contributed by atoms with van der Waals surface area (Å²) in [6, 6.07) is 13.9. The smallest absolute Gasteiger partial charge is 0.245 e. The van der Waals surface area contributed by atoms with Crippen LogP contribution in [0.2, 0.25) is 0 Å². The maximum atomic E-state index is 12.1. The van der Waals surface area contributed by atoms with Crippen molar-refractivity contribution in [2.75, 3.05) is 13.1 Å². The second kappa shape index (κ2) is 9.46. The highest BCUT2D eigenvalue weighted by Gasteiger charge is 2.49. The molecule has 2 aliphatic rings. The van der Waals surface area contributed by atoms with Gasteiger partial charge >= 0.3 is 0 Å². The van der Waals surface area contributed by atoms with E-state index in [1.807, 2.05) is 41.4 Å². The fourth-order valence-corrected chi connectivity index (χ4v) is 6.27. The summed E-state index contributed by atoms with van der Waals surface area (Å²) in [4.78, 5) is 22.4. The number of hydrogen-bond acceptors (Lipinski definition) is 4. The second-order valence-corrected chi connectivity index (χ2v) is 10.6. The number of H-pyrrole nitrogens is 1. The molecule has 1 unspecified atom stereocenters. The van der Waals surface area contributed by atoms with Crippen LogP contribution >= 0.6 is 0 Å². The first-order chi connectivity index (χ1) is 18.5. The molecule has 1 atom stereocenters. The molecular formula is C31H29N5O2. The van der Waals surface area contributed by atoms with Crippen molar-refractivity contribution < 1.29 is 9.53 Å². The van der Waals surface area contributed by atoms with Crippen molar-refractivity contribution in [2.24, 2.45) is 5.41 Å². The number of carbonyl (C=O) groups excluding carboxylic acids is 1. The molecule has 6 rings (SSSR count). The topological polar surface area (TPSA) is 75.5 Å². The van der Waals surface area contributed by atoms with Crippen LogP contribution in [-0.2, 0) is 11.4 Å². The van der Waals surface area contributed by atoms with E-state index in [0.717, 1.165) is 77.0 Å². The minimum absolute atomic E-state index is 0.00295. The summed E-state index contributed by atoms with van der Waals surface area (Å²) < 4.78 is 6.29. The van der Waals surface area contributed by atoms with E-state index in [1.165, 1.54) is 6.08 Å². The van der Waals surface area contributed by atoms with E-state index in [2.05, 4.69) is 45.7 Å². The number of pyridine rings is 1. The molecule has 2 fully saturated rings. The highest BCUT2D eigenvalue weighted by atomic mass is 16.5. The van der Waals surface area contributed by atoms with Gasteiger partial charge in [-0.3, -0.25) is 14.9 Å². The van der Waals surface area contributed by atoms with Crippen molar-refractivity contribution in [2.45, 2.75) is 38.7 Å². The van der Waals surface area contributed by atoms with Crippen LogP contribution in [-0.4, -0.2) is 39.1 Å². The summed E-state index contributed by atoms with van der Waals surface area (Å²) >= 11 is 0. The van der Waals surface area contributed by atoms with E-state index in [9.17, 15) is 4.79 Å². The number of benzene rings is 2. The molecule has 1 saturated heterocycles. The number of fused-ring (bicyclic) bond motifs is 1. The third-order valence-corrected chi connectivity index (χ3v) is 8.12. The standard InChI is InChI=1S/C31H29N5O2/c1-4-28(37)36-18-31(19-36)11-10-21(15-31)24-13-23(38-17-22-7-5-6-12-33-22)14-25(30(24)32-3)29-20(2)8-9-27-26(29)16-34-35-27/h4-9,12-14,16,21H,1,10-11,15,17-19H2,2H3,(H,34,35). The van der Waals surface area contributed by atoms with E-state index < -0.39 is 0 Å². The Hall–Kier alpha value is -4.44.